The normalized spacial score (nSPS) is 10.6. The zero-order chi connectivity index (χ0) is 20.8. The second-order valence-electron chi connectivity index (χ2n) is 5.81. The van der Waals surface area contributed by atoms with Gasteiger partial charge in [0.25, 0.3) is 5.91 Å². The van der Waals surface area contributed by atoms with Crippen LogP contribution < -0.4 is 10.6 Å². The minimum absolute atomic E-state index is 0.0794. The van der Waals surface area contributed by atoms with Gasteiger partial charge in [-0.2, -0.15) is 0 Å². The number of benzene rings is 2. The van der Waals surface area contributed by atoms with E-state index in [1.807, 2.05) is 24.3 Å². The molecule has 0 bridgehead atoms. The molecule has 2 amide bonds. The van der Waals surface area contributed by atoms with E-state index in [2.05, 4.69) is 27.8 Å². The van der Waals surface area contributed by atoms with Crippen molar-refractivity contribution >= 4 is 45.7 Å². The van der Waals surface area contributed by atoms with Crippen LogP contribution in [0.25, 0.3) is 0 Å². The fraction of sp³-hybridized carbons (Fsp3) is 0.158. The van der Waals surface area contributed by atoms with Gasteiger partial charge in [0.15, 0.2) is 4.34 Å². The molecule has 0 atom stereocenters. The van der Waals surface area contributed by atoms with Crippen LogP contribution in [0, 0.1) is 11.6 Å². The highest BCUT2D eigenvalue weighted by atomic mass is 32.2. The molecule has 0 spiro atoms. The minimum atomic E-state index is -0.967. The molecule has 2 N–H and O–H groups in total. The van der Waals surface area contributed by atoms with Crippen molar-refractivity contribution in [1.29, 1.82) is 0 Å². The number of halogens is 2. The molecule has 0 fully saturated rings. The molecule has 150 valence electrons. The lowest BCUT2D eigenvalue weighted by molar-refractivity contribution is -0.113. The van der Waals surface area contributed by atoms with Gasteiger partial charge in [-0.25, -0.2) is 8.78 Å². The number of hydrogen-bond donors (Lipinski definition) is 2. The third-order valence-corrected chi connectivity index (χ3v) is 5.76. The molecular formula is C19H16F2N4O2S2. The first-order valence-corrected chi connectivity index (χ1v) is 10.4. The number of nitrogens with one attached hydrogen (secondary N) is 2. The summed E-state index contributed by atoms with van der Waals surface area (Å²) in [6, 6.07) is 10.7. The lowest BCUT2D eigenvalue weighted by Gasteiger charge is -2.05. The summed E-state index contributed by atoms with van der Waals surface area (Å²) in [6.07, 6.45) is 0.920. The average Bonchev–Trinajstić information content (AvgIpc) is 3.14. The van der Waals surface area contributed by atoms with Crippen molar-refractivity contribution in [2.45, 2.75) is 17.7 Å². The van der Waals surface area contributed by atoms with Crippen LogP contribution in [0.1, 0.15) is 22.8 Å². The summed E-state index contributed by atoms with van der Waals surface area (Å²) in [6.45, 7) is 2.05. The number of aryl methyl sites for hydroxylation is 1. The van der Waals surface area contributed by atoms with Crippen LogP contribution in [0.3, 0.4) is 0 Å². The number of carbonyl (C=O) groups excluding carboxylic acids is 2. The van der Waals surface area contributed by atoms with Crippen LogP contribution in [-0.2, 0) is 11.2 Å². The highest BCUT2D eigenvalue weighted by Crippen LogP contribution is 2.26. The monoisotopic (exact) mass is 434 g/mol. The first-order valence-electron chi connectivity index (χ1n) is 8.56. The first kappa shape index (κ1) is 20.9. The van der Waals surface area contributed by atoms with Gasteiger partial charge in [0, 0.05) is 5.69 Å². The molecule has 6 nitrogen and oxygen atoms in total. The van der Waals surface area contributed by atoms with E-state index in [1.165, 1.54) is 11.6 Å². The zero-order valence-electron chi connectivity index (χ0n) is 15.2. The van der Waals surface area contributed by atoms with Gasteiger partial charge < -0.3 is 5.32 Å². The highest BCUT2D eigenvalue weighted by Gasteiger charge is 2.19. The van der Waals surface area contributed by atoms with Gasteiger partial charge in [0.1, 0.15) is 17.2 Å². The molecule has 0 radical (unpaired) electrons. The largest absolute Gasteiger partial charge is 0.325 e. The second kappa shape index (κ2) is 9.57. The molecule has 29 heavy (non-hydrogen) atoms. The number of nitrogens with zero attached hydrogens (tertiary/aromatic N) is 2. The number of anilines is 2. The Hall–Kier alpha value is -2.85. The standard InChI is InChI=1S/C19H16F2N4O2S2/c1-2-11-6-8-12(9-7-11)22-15(26)10-28-19-25-24-18(29-19)23-17(27)16-13(20)4-3-5-14(16)21/h3-9H,2,10H2,1H3,(H,22,26)(H,23,24,27). The smallest absolute Gasteiger partial charge is 0.263 e. The average molecular weight is 434 g/mol. The molecule has 0 unspecified atom stereocenters. The van der Waals surface area contributed by atoms with Gasteiger partial charge in [-0.15, -0.1) is 10.2 Å². The highest BCUT2D eigenvalue weighted by molar-refractivity contribution is 8.01. The lowest BCUT2D eigenvalue weighted by atomic mass is 10.1. The third kappa shape index (κ3) is 5.58. The minimum Gasteiger partial charge on any atom is -0.325 e. The van der Waals surface area contributed by atoms with Crippen molar-refractivity contribution in [2.24, 2.45) is 0 Å². The maximum absolute atomic E-state index is 13.7. The molecule has 0 aliphatic rings. The maximum atomic E-state index is 13.7. The number of thioether (sulfide) groups is 1. The van der Waals surface area contributed by atoms with E-state index < -0.39 is 23.1 Å². The Kier molecular flexibility index (Phi) is 6.89. The maximum Gasteiger partial charge on any atom is 0.263 e. The Morgan fingerprint density at radius 1 is 1.03 bits per heavy atom. The Morgan fingerprint density at radius 3 is 2.38 bits per heavy atom. The molecule has 1 heterocycles. The molecule has 1 aromatic heterocycles. The second-order valence-corrected chi connectivity index (χ2v) is 8.01. The fourth-order valence-electron chi connectivity index (χ4n) is 2.34. The summed E-state index contributed by atoms with van der Waals surface area (Å²) in [5.74, 6) is -3.01. The van der Waals surface area contributed by atoms with Gasteiger partial charge in [-0.05, 0) is 36.2 Å². The summed E-state index contributed by atoms with van der Waals surface area (Å²) < 4.78 is 27.8. The number of aromatic nitrogens is 2. The SMILES string of the molecule is CCc1ccc(NC(=O)CSc2nnc(NC(=O)c3c(F)cccc3F)s2)cc1. The molecule has 0 saturated heterocycles. The van der Waals surface area contributed by atoms with E-state index in [4.69, 9.17) is 0 Å². The fourth-order valence-corrected chi connectivity index (χ4v) is 3.89. The lowest BCUT2D eigenvalue weighted by Crippen LogP contribution is -2.15. The van der Waals surface area contributed by atoms with Gasteiger partial charge in [0.2, 0.25) is 11.0 Å². The van der Waals surface area contributed by atoms with Crippen LogP contribution in [0.5, 0.6) is 0 Å². The summed E-state index contributed by atoms with van der Waals surface area (Å²) in [5.41, 5.74) is 1.19. The third-order valence-electron chi connectivity index (χ3n) is 3.79. The van der Waals surface area contributed by atoms with Crippen molar-refractivity contribution in [3.05, 3.63) is 65.2 Å². The van der Waals surface area contributed by atoms with Gasteiger partial charge in [0.05, 0.1) is 5.75 Å². The number of carbonyl (C=O) groups is 2. The van der Waals surface area contributed by atoms with Crippen LogP contribution >= 0.6 is 23.1 Å². The van der Waals surface area contributed by atoms with E-state index in [0.717, 1.165) is 41.7 Å². The van der Waals surface area contributed by atoms with E-state index in [9.17, 15) is 18.4 Å². The number of rotatable bonds is 7. The van der Waals surface area contributed by atoms with Crippen molar-refractivity contribution in [1.82, 2.24) is 10.2 Å². The van der Waals surface area contributed by atoms with E-state index in [0.29, 0.717) is 10.0 Å². The molecule has 3 rings (SSSR count). The molecule has 0 saturated carbocycles. The van der Waals surface area contributed by atoms with Crippen molar-refractivity contribution in [3.63, 3.8) is 0 Å². The van der Waals surface area contributed by atoms with Crippen molar-refractivity contribution < 1.29 is 18.4 Å². The predicted molar refractivity (Wildman–Crippen MR) is 109 cm³/mol. The Labute approximate surface area is 173 Å². The summed E-state index contributed by atoms with van der Waals surface area (Å²) in [4.78, 5) is 24.1. The Morgan fingerprint density at radius 2 is 1.72 bits per heavy atom. The Bertz CT molecular complexity index is 1010. The van der Waals surface area contributed by atoms with Crippen LogP contribution in [0.2, 0.25) is 0 Å². The van der Waals surface area contributed by atoms with Crippen molar-refractivity contribution in [3.8, 4) is 0 Å². The molecule has 0 aliphatic heterocycles. The summed E-state index contributed by atoms with van der Waals surface area (Å²) in [5, 5.41) is 12.8. The molecule has 2 aromatic carbocycles. The topological polar surface area (TPSA) is 84.0 Å². The van der Waals surface area contributed by atoms with Crippen LogP contribution in [-0.4, -0.2) is 27.8 Å². The van der Waals surface area contributed by atoms with Gasteiger partial charge in [-0.1, -0.05) is 48.2 Å². The quantitative estimate of drug-likeness (QED) is 0.426. The van der Waals surface area contributed by atoms with Crippen LogP contribution in [0.15, 0.2) is 46.8 Å². The van der Waals surface area contributed by atoms with Gasteiger partial charge >= 0.3 is 0 Å². The predicted octanol–water partition coefficient (Wildman–Crippen LogP) is 4.36. The molecule has 0 aliphatic carbocycles. The molecular weight excluding hydrogens is 418 g/mol. The first-order chi connectivity index (χ1) is 14.0. The number of hydrogen-bond acceptors (Lipinski definition) is 6. The van der Waals surface area contributed by atoms with E-state index >= 15 is 0 Å². The van der Waals surface area contributed by atoms with Crippen molar-refractivity contribution in [2.75, 3.05) is 16.4 Å². The number of amides is 2. The van der Waals surface area contributed by atoms with E-state index in [-0.39, 0.29) is 16.8 Å². The Balaban J connectivity index is 1.53. The van der Waals surface area contributed by atoms with Crippen LogP contribution in [0.4, 0.5) is 19.6 Å². The summed E-state index contributed by atoms with van der Waals surface area (Å²) in [7, 11) is 0. The van der Waals surface area contributed by atoms with Gasteiger partial charge in [-0.3, -0.25) is 14.9 Å². The van der Waals surface area contributed by atoms with E-state index in [1.54, 1.807) is 0 Å². The zero-order valence-corrected chi connectivity index (χ0v) is 16.9. The molecule has 10 heteroatoms. The summed E-state index contributed by atoms with van der Waals surface area (Å²) >= 11 is 2.14. The molecule has 3 aromatic rings.